The molecule has 3 aromatic rings. The minimum atomic E-state index is -0.118. The smallest absolute Gasteiger partial charge is 0.266 e. The van der Waals surface area contributed by atoms with Crippen LogP contribution in [0.4, 0.5) is 0 Å². The van der Waals surface area contributed by atoms with Crippen LogP contribution in [0.25, 0.3) is 17.0 Å². The lowest BCUT2D eigenvalue weighted by molar-refractivity contribution is -0.122. The van der Waals surface area contributed by atoms with E-state index >= 15 is 0 Å². The normalized spacial score (nSPS) is 17.0. The van der Waals surface area contributed by atoms with Crippen molar-refractivity contribution in [1.29, 1.82) is 0 Å². The molecule has 1 saturated heterocycles. The summed E-state index contributed by atoms with van der Waals surface area (Å²) < 4.78 is 7.13. The first-order chi connectivity index (χ1) is 14.1. The van der Waals surface area contributed by atoms with E-state index in [9.17, 15) is 9.59 Å². The number of rotatable bonds is 5. The van der Waals surface area contributed by atoms with Crippen molar-refractivity contribution >= 4 is 45.7 Å². The zero-order valence-electron chi connectivity index (χ0n) is 16.1. The van der Waals surface area contributed by atoms with Gasteiger partial charge in [-0.15, -0.1) is 0 Å². The van der Waals surface area contributed by atoms with Gasteiger partial charge >= 0.3 is 0 Å². The zero-order chi connectivity index (χ0) is 20.4. The van der Waals surface area contributed by atoms with E-state index in [1.54, 1.807) is 26.4 Å². The number of furan rings is 1. The highest BCUT2D eigenvalue weighted by Gasteiger charge is 2.30. The second-order valence-electron chi connectivity index (χ2n) is 6.57. The van der Waals surface area contributed by atoms with E-state index in [4.69, 9.17) is 4.42 Å². The molecule has 1 aliphatic rings. The van der Waals surface area contributed by atoms with Crippen LogP contribution >= 0.6 is 11.8 Å². The van der Waals surface area contributed by atoms with E-state index < -0.39 is 0 Å². The maximum atomic E-state index is 12.5. The van der Waals surface area contributed by atoms with Gasteiger partial charge in [-0.25, -0.2) is 0 Å². The third kappa shape index (κ3) is 3.84. The molecule has 3 heterocycles. The number of likely N-dealkylation sites (N-methyl/N-ethyl adjacent to an activating group) is 1. The summed E-state index contributed by atoms with van der Waals surface area (Å²) in [6, 6.07) is 11.4. The number of para-hydroxylation sites is 1. The number of hydrogen-bond acceptors (Lipinski definition) is 5. The van der Waals surface area contributed by atoms with Crippen molar-refractivity contribution in [2.45, 2.75) is 13.1 Å². The average Bonchev–Trinajstić information content (AvgIpc) is 3.43. The Morgan fingerprint density at radius 3 is 2.83 bits per heavy atom. The van der Waals surface area contributed by atoms with Gasteiger partial charge in [0.15, 0.2) is 5.17 Å². The Balaban J connectivity index is 1.59. The van der Waals surface area contributed by atoms with Crippen LogP contribution < -0.4 is 5.32 Å². The molecule has 1 aromatic carbocycles. The molecule has 1 aliphatic heterocycles. The molecule has 2 aromatic heterocycles. The number of thioether (sulfide) groups is 1. The van der Waals surface area contributed by atoms with Crippen molar-refractivity contribution in [2.24, 2.45) is 4.99 Å². The van der Waals surface area contributed by atoms with Crippen molar-refractivity contribution in [2.75, 3.05) is 14.1 Å². The zero-order valence-corrected chi connectivity index (χ0v) is 16.9. The number of benzene rings is 1. The van der Waals surface area contributed by atoms with Gasteiger partial charge in [0.2, 0.25) is 5.91 Å². The average molecular weight is 408 g/mol. The second kappa shape index (κ2) is 8.00. The van der Waals surface area contributed by atoms with Crippen molar-refractivity contribution < 1.29 is 14.0 Å². The monoisotopic (exact) mass is 408 g/mol. The Labute approximate surface area is 172 Å². The molecule has 4 rings (SSSR count). The lowest BCUT2D eigenvalue weighted by Gasteiger charge is -2.06. The van der Waals surface area contributed by atoms with Gasteiger partial charge in [-0.2, -0.15) is 0 Å². The number of amidine groups is 1. The molecule has 1 fully saturated rings. The van der Waals surface area contributed by atoms with Gasteiger partial charge in [-0.05, 0) is 36.0 Å². The number of carbonyl (C=O) groups is 2. The SMILES string of the molecule is CN=C1SC(=Cc2cn(CC(=O)NCc3ccco3)c3ccccc23)C(=O)N1C. The van der Waals surface area contributed by atoms with E-state index in [0.717, 1.165) is 16.5 Å². The van der Waals surface area contributed by atoms with Gasteiger partial charge in [-0.1, -0.05) is 18.2 Å². The fraction of sp³-hybridized carbons (Fsp3) is 0.190. The van der Waals surface area contributed by atoms with Gasteiger partial charge in [0.25, 0.3) is 5.91 Å². The van der Waals surface area contributed by atoms with E-state index in [2.05, 4.69) is 10.3 Å². The highest BCUT2D eigenvalue weighted by molar-refractivity contribution is 8.18. The summed E-state index contributed by atoms with van der Waals surface area (Å²) in [5.41, 5.74) is 1.82. The Hall–Kier alpha value is -3.26. The topological polar surface area (TPSA) is 79.8 Å². The summed E-state index contributed by atoms with van der Waals surface area (Å²) >= 11 is 1.35. The van der Waals surface area contributed by atoms with E-state index in [-0.39, 0.29) is 18.4 Å². The Morgan fingerprint density at radius 1 is 1.28 bits per heavy atom. The molecule has 7 nitrogen and oxygen atoms in total. The van der Waals surface area contributed by atoms with Gasteiger partial charge < -0.3 is 14.3 Å². The number of carbonyl (C=O) groups excluding carboxylic acids is 2. The molecule has 0 saturated carbocycles. The van der Waals surface area contributed by atoms with Crippen LogP contribution in [0.1, 0.15) is 11.3 Å². The number of aromatic nitrogens is 1. The van der Waals surface area contributed by atoms with Crippen LogP contribution in [0.15, 0.2) is 63.2 Å². The van der Waals surface area contributed by atoms with Gasteiger partial charge in [0.1, 0.15) is 12.3 Å². The van der Waals surface area contributed by atoms with Crippen LogP contribution in [0, 0.1) is 0 Å². The molecule has 148 valence electrons. The van der Waals surface area contributed by atoms with E-state index in [0.29, 0.717) is 22.4 Å². The molecule has 8 heteroatoms. The van der Waals surface area contributed by atoms with Gasteiger partial charge in [-0.3, -0.25) is 19.5 Å². The number of hydrogen-bond donors (Lipinski definition) is 1. The summed E-state index contributed by atoms with van der Waals surface area (Å²) in [6.45, 7) is 0.519. The van der Waals surface area contributed by atoms with Gasteiger partial charge in [0, 0.05) is 36.8 Å². The predicted molar refractivity (Wildman–Crippen MR) is 114 cm³/mol. The first kappa shape index (κ1) is 19.1. The van der Waals surface area contributed by atoms with Crippen molar-refractivity contribution in [1.82, 2.24) is 14.8 Å². The van der Waals surface area contributed by atoms with Crippen LogP contribution in [0.5, 0.6) is 0 Å². The standard InChI is InChI=1S/C21H20N4O3S/c1-22-21-24(2)20(27)18(29-21)10-14-12-25(17-8-4-3-7-16(14)17)13-19(26)23-11-15-6-5-9-28-15/h3-10,12H,11,13H2,1-2H3,(H,23,26). The fourth-order valence-electron chi connectivity index (χ4n) is 3.22. The molecule has 29 heavy (non-hydrogen) atoms. The summed E-state index contributed by atoms with van der Waals surface area (Å²) in [7, 11) is 3.38. The maximum Gasteiger partial charge on any atom is 0.266 e. The highest BCUT2D eigenvalue weighted by Crippen LogP contribution is 2.33. The molecule has 0 aliphatic carbocycles. The van der Waals surface area contributed by atoms with Crippen LogP contribution in [0.2, 0.25) is 0 Å². The molecular weight excluding hydrogens is 388 g/mol. The van der Waals surface area contributed by atoms with E-state index in [1.165, 1.54) is 16.7 Å². The summed E-state index contributed by atoms with van der Waals surface area (Å²) in [4.78, 5) is 31.2. The number of nitrogens with one attached hydrogen (secondary N) is 1. The molecule has 0 unspecified atom stereocenters. The molecule has 1 N–H and O–H groups in total. The number of aliphatic imine (C=N–C) groups is 1. The third-order valence-electron chi connectivity index (χ3n) is 4.65. The predicted octanol–water partition coefficient (Wildman–Crippen LogP) is 3.08. The molecule has 0 radical (unpaired) electrons. The Morgan fingerprint density at radius 2 is 2.10 bits per heavy atom. The Bertz CT molecular complexity index is 1130. The van der Waals surface area contributed by atoms with Crippen molar-refractivity contribution in [3.8, 4) is 0 Å². The second-order valence-corrected chi connectivity index (χ2v) is 7.58. The highest BCUT2D eigenvalue weighted by atomic mass is 32.2. The maximum absolute atomic E-state index is 12.5. The van der Waals surface area contributed by atoms with Crippen LogP contribution in [0.3, 0.4) is 0 Å². The lowest BCUT2D eigenvalue weighted by Crippen LogP contribution is -2.26. The minimum absolute atomic E-state index is 0.0800. The number of fused-ring (bicyclic) bond motifs is 1. The molecule has 2 amide bonds. The van der Waals surface area contributed by atoms with Crippen molar-refractivity contribution in [3.05, 3.63) is 65.1 Å². The first-order valence-electron chi connectivity index (χ1n) is 9.08. The molecule has 0 spiro atoms. The van der Waals surface area contributed by atoms with Gasteiger partial charge in [0.05, 0.1) is 17.7 Å². The molecule has 0 atom stereocenters. The van der Waals surface area contributed by atoms with Crippen molar-refractivity contribution in [3.63, 3.8) is 0 Å². The summed E-state index contributed by atoms with van der Waals surface area (Å²) in [5, 5.41) is 4.51. The quantitative estimate of drug-likeness (QED) is 0.658. The number of amides is 2. The third-order valence-corrected chi connectivity index (χ3v) is 5.81. The van der Waals surface area contributed by atoms with Crippen LogP contribution in [-0.2, 0) is 22.7 Å². The first-order valence-corrected chi connectivity index (χ1v) is 9.90. The molecular formula is C21H20N4O3S. The fourth-order valence-corrected chi connectivity index (χ4v) is 4.14. The summed E-state index contributed by atoms with van der Waals surface area (Å²) in [6.07, 6.45) is 5.34. The lowest BCUT2D eigenvalue weighted by atomic mass is 10.1. The number of nitrogens with zero attached hydrogens (tertiary/aromatic N) is 3. The van der Waals surface area contributed by atoms with E-state index in [1.807, 2.05) is 47.2 Å². The minimum Gasteiger partial charge on any atom is -0.467 e. The largest absolute Gasteiger partial charge is 0.467 e. The molecule has 0 bridgehead atoms. The van der Waals surface area contributed by atoms with Crippen LogP contribution in [-0.4, -0.2) is 40.5 Å². The Kier molecular flexibility index (Phi) is 5.26. The summed E-state index contributed by atoms with van der Waals surface area (Å²) in [5.74, 6) is 0.506.